The van der Waals surface area contributed by atoms with Crippen LogP contribution in [0.4, 0.5) is 9.18 Å². The molecule has 1 aromatic carbocycles. The Kier molecular flexibility index (Phi) is 10.4. The summed E-state index contributed by atoms with van der Waals surface area (Å²) in [6, 6.07) is 4.57. The molecule has 4 N–H and O–H groups in total. The van der Waals surface area contributed by atoms with Gasteiger partial charge in [-0.05, 0) is 51.5 Å². The highest BCUT2D eigenvalue weighted by atomic mass is 32.2. The van der Waals surface area contributed by atoms with Crippen molar-refractivity contribution < 1.29 is 51.3 Å². The van der Waals surface area contributed by atoms with Gasteiger partial charge in [0.25, 0.3) is 5.91 Å². The molecule has 2 aliphatic carbocycles. The van der Waals surface area contributed by atoms with Crippen LogP contribution in [0.5, 0.6) is 11.6 Å². The van der Waals surface area contributed by atoms with Crippen LogP contribution < -0.4 is 24.8 Å². The third-order valence-electron chi connectivity index (χ3n) is 10.5. The first kappa shape index (κ1) is 37.3. The SMILES string of the molecule is CC[C@@H]1O[C@H](C)CCC=C[C@@H]2C[C@@]2(C(=O)NS(=O)(=O)C2(CF)CC2)NC(=O)[C@@H]2C[C@@H](Oc3ncc(OC)c4ccccc34)CN2C(=O)[C@H]1NC(=O)O. The van der Waals surface area contributed by atoms with Crippen molar-refractivity contribution >= 4 is 44.6 Å². The van der Waals surface area contributed by atoms with Gasteiger partial charge in [-0.25, -0.2) is 22.6 Å². The number of nitrogens with one attached hydrogen (secondary N) is 3. The van der Waals surface area contributed by atoms with E-state index in [1.54, 1.807) is 38.1 Å². The van der Waals surface area contributed by atoms with Crippen LogP contribution in [0.2, 0.25) is 0 Å². The van der Waals surface area contributed by atoms with E-state index < -0.39 is 87.1 Å². The monoisotopic (exact) mass is 745 g/mol. The van der Waals surface area contributed by atoms with Gasteiger partial charge in [0.1, 0.15) is 40.9 Å². The number of benzene rings is 1. The average molecular weight is 746 g/mol. The molecule has 2 aromatic rings. The topological polar surface area (TPSA) is 203 Å². The number of nitrogens with zero attached hydrogens (tertiary/aromatic N) is 2. The van der Waals surface area contributed by atoms with Crippen LogP contribution in [0.1, 0.15) is 58.8 Å². The Hall–Kier alpha value is -4.51. The van der Waals surface area contributed by atoms with Crippen LogP contribution in [0.15, 0.2) is 42.6 Å². The molecule has 15 nitrogen and oxygen atoms in total. The van der Waals surface area contributed by atoms with Gasteiger partial charge in [0, 0.05) is 23.1 Å². The molecule has 282 valence electrons. The first-order chi connectivity index (χ1) is 24.8. The molecule has 6 rings (SSSR count). The normalized spacial score (nSPS) is 30.2. The van der Waals surface area contributed by atoms with E-state index in [-0.39, 0.29) is 44.5 Å². The number of fused-ring (bicyclic) bond motifs is 3. The second-order valence-electron chi connectivity index (χ2n) is 14.0. The van der Waals surface area contributed by atoms with Crippen LogP contribution in [0, 0.1) is 5.92 Å². The maximum atomic E-state index is 14.4. The van der Waals surface area contributed by atoms with E-state index in [0.717, 1.165) is 5.39 Å². The van der Waals surface area contributed by atoms with E-state index in [9.17, 15) is 37.1 Å². The Labute approximate surface area is 300 Å². The zero-order valence-electron chi connectivity index (χ0n) is 29.2. The Balaban J connectivity index is 1.35. The molecular formula is C35H44FN5O10S. The molecule has 17 heteroatoms. The molecule has 4 aliphatic rings. The number of ether oxygens (including phenoxy) is 3. The number of halogens is 1. The lowest BCUT2D eigenvalue weighted by Gasteiger charge is -2.33. The highest BCUT2D eigenvalue weighted by Gasteiger charge is 2.64. The van der Waals surface area contributed by atoms with Gasteiger partial charge >= 0.3 is 6.09 Å². The molecule has 1 saturated heterocycles. The van der Waals surface area contributed by atoms with Gasteiger partial charge in [-0.3, -0.25) is 19.1 Å². The largest absolute Gasteiger partial charge is 0.494 e. The Morgan fingerprint density at radius 2 is 1.94 bits per heavy atom. The number of hydrogen-bond donors (Lipinski definition) is 4. The second kappa shape index (κ2) is 14.5. The van der Waals surface area contributed by atoms with Crippen LogP contribution in [0.25, 0.3) is 10.8 Å². The molecule has 0 radical (unpaired) electrons. The Morgan fingerprint density at radius 1 is 1.21 bits per heavy atom. The average Bonchev–Trinajstić information content (AvgIpc) is 4.02. The van der Waals surface area contributed by atoms with E-state index >= 15 is 0 Å². The van der Waals surface area contributed by atoms with Gasteiger partial charge in [0.05, 0.1) is 32.1 Å². The summed E-state index contributed by atoms with van der Waals surface area (Å²) in [6.07, 6.45) is 2.83. The number of carboxylic acid groups (broad SMARTS) is 1. The predicted octanol–water partition coefficient (Wildman–Crippen LogP) is 2.58. The van der Waals surface area contributed by atoms with Crippen LogP contribution in [0.3, 0.4) is 0 Å². The smallest absolute Gasteiger partial charge is 0.405 e. The van der Waals surface area contributed by atoms with E-state index in [2.05, 4.69) is 15.6 Å². The minimum absolute atomic E-state index is 0.0642. The number of sulfonamides is 1. The molecule has 52 heavy (non-hydrogen) atoms. The molecular weight excluding hydrogens is 701 g/mol. The van der Waals surface area contributed by atoms with Gasteiger partial charge in [-0.2, -0.15) is 0 Å². The van der Waals surface area contributed by atoms with Crippen LogP contribution >= 0.6 is 0 Å². The second-order valence-corrected chi connectivity index (χ2v) is 16.1. The lowest BCUT2D eigenvalue weighted by Crippen LogP contribution is -2.60. The van der Waals surface area contributed by atoms with Crippen molar-refractivity contribution in [1.29, 1.82) is 0 Å². The summed E-state index contributed by atoms with van der Waals surface area (Å²) in [7, 11) is -2.89. The van der Waals surface area contributed by atoms with Crippen molar-refractivity contribution in [2.45, 2.75) is 99.5 Å². The molecule has 0 spiro atoms. The maximum absolute atomic E-state index is 14.4. The fraction of sp³-hybridized carbons (Fsp3) is 0.571. The lowest BCUT2D eigenvalue weighted by molar-refractivity contribution is -0.145. The van der Waals surface area contributed by atoms with Crippen LogP contribution in [-0.2, 0) is 29.1 Å². The fourth-order valence-electron chi connectivity index (χ4n) is 7.14. The molecule has 2 aliphatic heterocycles. The van der Waals surface area contributed by atoms with Crippen LogP contribution in [-0.4, -0.2) is 108 Å². The molecule has 4 amide bonds. The summed E-state index contributed by atoms with van der Waals surface area (Å²) in [5.41, 5.74) is -1.69. The first-order valence-corrected chi connectivity index (χ1v) is 18.9. The Bertz CT molecular complexity index is 1870. The van der Waals surface area contributed by atoms with Gasteiger partial charge in [-0.15, -0.1) is 0 Å². The minimum atomic E-state index is -4.40. The van der Waals surface area contributed by atoms with Crippen molar-refractivity contribution in [3.05, 3.63) is 42.6 Å². The van der Waals surface area contributed by atoms with Gasteiger partial charge < -0.3 is 34.9 Å². The van der Waals surface area contributed by atoms with E-state index in [1.807, 2.05) is 16.9 Å². The van der Waals surface area contributed by atoms with Gasteiger partial charge in [0.2, 0.25) is 27.7 Å². The van der Waals surface area contributed by atoms with Crippen molar-refractivity contribution in [3.63, 3.8) is 0 Å². The third-order valence-corrected chi connectivity index (χ3v) is 12.6. The van der Waals surface area contributed by atoms with Crippen molar-refractivity contribution in [3.8, 4) is 11.6 Å². The fourth-order valence-corrected chi connectivity index (χ4v) is 8.57. The number of pyridine rings is 1. The van der Waals surface area contributed by atoms with Crippen molar-refractivity contribution in [1.82, 2.24) is 25.2 Å². The number of allylic oxidation sites excluding steroid dienone is 1. The number of rotatable bonds is 9. The van der Waals surface area contributed by atoms with Crippen molar-refractivity contribution in [2.24, 2.45) is 5.92 Å². The number of methoxy groups -OCH3 is 1. The number of alkyl halides is 1. The van der Waals surface area contributed by atoms with Crippen molar-refractivity contribution in [2.75, 3.05) is 20.3 Å². The highest BCUT2D eigenvalue weighted by molar-refractivity contribution is 7.91. The molecule has 3 fully saturated rings. The highest BCUT2D eigenvalue weighted by Crippen LogP contribution is 2.48. The third kappa shape index (κ3) is 7.12. The number of carbonyl (C=O) groups excluding carboxylic acids is 3. The standard InChI is InChI=1S/C35H44FN5O10S/c1-4-26-28(38-33(45)46)31(43)41-18-22(51-30-24-12-8-7-11-23(24)27(49-3)17-37-30)15-25(41)29(42)39-35(16-21(35)10-6-5-9-20(2)50-26)32(44)40-52(47,48)34(19-36)13-14-34/h6-8,10-12,17,20-22,25-26,28,38H,4-5,9,13-16,18-19H2,1-3H3,(H,39,42)(H,40,44)(H,45,46)/t20-,21-,22-,25+,26+,28+,35-/m1/s1. The number of carbonyl (C=O) groups is 4. The summed E-state index contributed by atoms with van der Waals surface area (Å²) < 4.78 is 58.3. The maximum Gasteiger partial charge on any atom is 0.405 e. The molecule has 0 bridgehead atoms. The Morgan fingerprint density at radius 3 is 2.60 bits per heavy atom. The van der Waals surface area contributed by atoms with E-state index in [0.29, 0.717) is 24.0 Å². The number of aromatic nitrogens is 1. The van der Waals surface area contributed by atoms with Gasteiger partial charge in [0.15, 0.2) is 0 Å². The summed E-state index contributed by atoms with van der Waals surface area (Å²) in [5.74, 6) is -2.36. The molecule has 3 heterocycles. The molecule has 7 atom stereocenters. The quantitative estimate of drug-likeness (QED) is 0.275. The summed E-state index contributed by atoms with van der Waals surface area (Å²) in [4.78, 5) is 60.1. The lowest BCUT2D eigenvalue weighted by atomic mass is 10.0. The van der Waals surface area contributed by atoms with E-state index in [1.165, 1.54) is 18.2 Å². The van der Waals surface area contributed by atoms with E-state index in [4.69, 9.17) is 14.2 Å². The van der Waals surface area contributed by atoms with Gasteiger partial charge in [-0.1, -0.05) is 37.3 Å². The zero-order chi connectivity index (χ0) is 37.4. The zero-order valence-corrected chi connectivity index (χ0v) is 30.0. The molecule has 0 unspecified atom stereocenters. The summed E-state index contributed by atoms with van der Waals surface area (Å²) in [6.45, 7) is 2.25. The summed E-state index contributed by atoms with van der Waals surface area (Å²) >= 11 is 0. The predicted molar refractivity (Wildman–Crippen MR) is 185 cm³/mol. The number of amides is 4. The molecule has 2 saturated carbocycles. The minimum Gasteiger partial charge on any atom is -0.494 e. The molecule has 1 aromatic heterocycles. The number of hydrogen-bond acceptors (Lipinski definition) is 10. The summed E-state index contributed by atoms with van der Waals surface area (Å²) in [5, 5.41) is 16.2. The first-order valence-electron chi connectivity index (χ1n) is 17.4.